The zero-order chi connectivity index (χ0) is 9.97. The molecule has 1 fully saturated rings. The third kappa shape index (κ3) is 1.73. The summed E-state index contributed by atoms with van der Waals surface area (Å²) in [5.74, 6) is 0.704. The Morgan fingerprint density at radius 1 is 1.43 bits per heavy atom. The second kappa shape index (κ2) is 3.97. The van der Waals surface area contributed by atoms with Gasteiger partial charge in [0.15, 0.2) is 0 Å². The first kappa shape index (κ1) is 9.47. The van der Waals surface area contributed by atoms with E-state index >= 15 is 0 Å². The molecule has 0 unspecified atom stereocenters. The first-order valence-corrected chi connectivity index (χ1v) is 5.29. The van der Waals surface area contributed by atoms with Crippen LogP contribution < -0.4 is 5.73 Å². The summed E-state index contributed by atoms with van der Waals surface area (Å²) in [5.41, 5.74) is 8.61. The molecule has 0 heterocycles. The standard InChI is InChI=1S/C13H17N/c1-2-10-5-3-8-12(9-10)13(14)11-6-4-7-11/h2-3,5,8-9,11,13H,1,4,6-7,14H2/t13-/m1/s1. The lowest BCUT2D eigenvalue weighted by Crippen LogP contribution is -2.26. The molecule has 74 valence electrons. The minimum atomic E-state index is 0.226. The molecule has 1 aliphatic rings. The molecule has 0 radical (unpaired) electrons. The van der Waals surface area contributed by atoms with Gasteiger partial charge in [0, 0.05) is 6.04 Å². The van der Waals surface area contributed by atoms with Gasteiger partial charge in [0.05, 0.1) is 0 Å². The Kier molecular flexibility index (Phi) is 2.69. The van der Waals surface area contributed by atoms with E-state index in [1.165, 1.54) is 24.8 Å². The van der Waals surface area contributed by atoms with Gasteiger partial charge in [-0.25, -0.2) is 0 Å². The van der Waals surface area contributed by atoms with E-state index in [9.17, 15) is 0 Å². The van der Waals surface area contributed by atoms with Crippen molar-refractivity contribution in [1.82, 2.24) is 0 Å². The van der Waals surface area contributed by atoms with Gasteiger partial charge < -0.3 is 5.73 Å². The zero-order valence-corrected chi connectivity index (χ0v) is 8.45. The van der Waals surface area contributed by atoms with Crippen molar-refractivity contribution in [2.24, 2.45) is 11.7 Å². The van der Waals surface area contributed by atoms with Crippen molar-refractivity contribution in [3.05, 3.63) is 42.0 Å². The summed E-state index contributed by atoms with van der Waals surface area (Å²) >= 11 is 0. The molecule has 0 aromatic heterocycles. The van der Waals surface area contributed by atoms with Gasteiger partial charge in [-0.15, -0.1) is 0 Å². The smallest absolute Gasteiger partial charge is 0.0323 e. The van der Waals surface area contributed by atoms with Crippen molar-refractivity contribution in [2.75, 3.05) is 0 Å². The normalized spacial score (nSPS) is 18.6. The van der Waals surface area contributed by atoms with Gasteiger partial charge >= 0.3 is 0 Å². The molecule has 1 atom stereocenters. The summed E-state index contributed by atoms with van der Waals surface area (Å²) in [4.78, 5) is 0. The van der Waals surface area contributed by atoms with Crippen LogP contribution in [0.25, 0.3) is 6.08 Å². The lowest BCUT2D eigenvalue weighted by atomic mass is 9.77. The molecule has 1 aromatic rings. The molecule has 0 aliphatic heterocycles. The van der Waals surface area contributed by atoms with Gasteiger partial charge in [-0.1, -0.05) is 43.3 Å². The minimum Gasteiger partial charge on any atom is -0.324 e. The van der Waals surface area contributed by atoms with Crippen LogP contribution in [-0.2, 0) is 0 Å². The second-order valence-corrected chi connectivity index (χ2v) is 4.09. The molecular formula is C13H17N. The van der Waals surface area contributed by atoms with Crippen LogP contribution in [-0.4, -0.2) is 0 Å². The van der Waals surface area contributed by atoms with Crippen LogP contribution in [0, 0.1) is 5.92 Å². The number of nitrogens with two attached hydrogens (primary N) is 1. The van der Waals surface area contributed by atoms with Crippen molar-refractivity contribution in [1.29, 1.82) is 0 Å². The Bertz CT molecular complexity index is 326. The topological polar surface area (TPSA) is 26.0 Å². The molecular weight excluding hydrogens is 170 g/mol. The quantitative estimate of drug-likeness (QED) is 0.773. The van der Waals surface area contributed by atoms with Gasteiger partial charge in [0.25, 0.3) is 0 Å². The minimum absolute atomic E-state index is 0.226. The maximum Gasteiger partial charge on any atom is 0.0323 e. The van der Waals surface area contributed by atoms with Gasteiger partial charge in [0.2, 0.25) is 0 Å². The van der Waals surface area contributed by atoms with Crippen molar-refractivity contribution >= 4 is 6.08 Å². The number of rotatable bonds is 3. The Labute approximate surface area is 85.6 Å². The Morgan fingerprint density at radius 3 is 2.79 bits per heavy atom. The number of hydrogen-bond donors (Lipinski definition) is 1. The first-order chi connectivity index (χ1) is 6.81. The van der Waals surface area contributed by atoms with Gasteiger partial charge in [0.1, 0.15) is 0 Å². The Balaban J connectivity index is 2.17. The van der Waals surface area contributed by atoms with E-state index in [4.69, 9.17) is 5.73 Å². The van der Waals surface area contributed by atoms with Crippen LogP contribution in [0.15, 0.2) is 30.8 Å². The molecule has 1 nitrogen and oxygen atoms in total. The highest BCUT2D eigenvalue weighted by Gasteiger charge is 2.25. The molecule has 0 saturated heterocycles. The molecule has 1 aromatic carbocycles. The summed E-state index contributed by atoms with van der Waals surface area (Å²) < 4.78 is 0. The Hall–Kier alpha value is -1.08. The molecule has 1 aliphatic carbocycles. The largest absolute Gasteiger partial charge is 0.324 e. The lowest BCUT2D eigenvalue weighted by molar-refractivity contribution is 0.264. The fourth-order valence-electron chi connectivity index (χ4n) is 1.96. The fraction of sp³-hybridized carbons (Fsp3) is 0.385. The first-order valence-electron chi connectivity index (χ1n) is 5.29. The van der Waals surface area contributed by atoms with Crippen LogP contribution >= 0.6 is 0 Å². The van der Waals surface area contributed by atoms with Crippen LogP contribution in [0.2, 0.25) is 0 Å². The zero-order valence-electron chi connectivity index (χ0n) is 8.45. The highest BCUT2D eigenvalue weighted by molar-refractivity contribution is 5.48. The van der Waals surface area contributed by atoms with Crippen molar-refractivity contribution < 1.29 is 0 Å². The maximum absolute atomic E-state index is 6.19. The van der Waals surface area contributed by atoms with E-state index in [0.29, 0.717) is 5.92 Å². The van der Waals surface area contributed by atoms with Crippen LogP contribution in [0.3, 0.4) is 0 Å². The third-order valence-electron chi connectivity index (χ3n) is 3.19. The summed E-state index contributed by atoms with van der Waals surface area (Å²) in [5, 5.41) is 0. The molecule has 0 bridgehead atoms. The van der Waals surface area contributed by atoms with Crippen molar-refractivity contribution in [3.8, 4) is 0 Å². The lowest BCUT2D eigenvalue weighted by Gasteiger charge is -2.31. The number of hydrogen-bond acceptors (Lipinski definition) is 1. The predicted octanol–water partition coefficient (Wildman–Crippen LogP) is 3.13. The van der Waals surface area contributed by atoms with Crippen LogP contribution in [0.1, 0.15) is 36.4 Å². The van der Waals surface area contributed by atoms with E-state index in [1.54, 1.807) is 0 Å². The van der Waals surface area contributed by atoms with Crippen molar-refractivity contribution in [3.63, 3.8) is 0 Å². The highest BCUT2D eigenvalue weighted by Crippen LogP contribution is 2.36. The third-order valence-corrected chi connectivity index (χ3v) is 3.19. The fourth-order valence-corrected chi connectivity index (χ4v) is 1.96. The summed E-state index contributed by atoms with van der Waals surface area (Å²) in [6.07, 6.45) is 5.80. The van der Waals surface area contributed by atoms with Crippen LogP contribution in [0.5, 0.6) is 0 Å². The number of benzene rings is 1. The van der Waals surface area contributed by atoms with Gasteiger partial charge in [-0.05, 0) is 29.9 Å². The monoisotopic (exact) mass is 187 g/mol. The molecule has 1 heteroatoms. The molecule has 2 N–H and O–H groups in total. The second-order valence-electron chi connectivity index (χ2n) is 4.09. The molecule has 14 heavy (non-hydrogen) atoms. The molecule has 0 spiro atoms. The average molecular weight is 187 g/mol. The summed E-state index contributed by atoms with van der Waals surface area (Å²) in [6, 6.07) is 8.62. The Morgan fingerprint density at radius 2 is 2.21 bits per heavy atom. The maximum atomic E-state index is 6.19. The molecule has 0 amide bonds. The predicted molar refractivity (Wildman–Crippen MR) is 60.8 cm³/mol. The van der Waals surface area contributed by atoms with E-state index in [1.807, 2.05) is 6.08 Å². The summed E-state index contributed by atoms with van der Waals surface area (Å²) in [6.45, 7) is 3.77. The summed E-state index contributed by atoms with van der Waals surface area (Å²) in [7, 11) is 0. The highest BCUT2D eigenvalue weighted by atomic mass is 14.7. The van der Waals surface area contributed by atoms with Gasteiger partial charge in [-0.2, -0.15) is 0 Å². The van der Waals surface area contributed by atoms with Gasteiger partial charge in [-0.3, -0.25) is 0 Å². The van der Waals surface area contributed by atoms with Crippen molar-refractivity contribution in [2.45, 2.75) is 25.3 Å². The molecule has 1 saturated carbocycles. The van der Waals surface area contributed by atoms with E-state index in [0.717, 1.165) is 5.56 Å². The molecule has 2 rings (SSSR count). The van der Waals surface area contributed by atoms with E-state index in [2.05, 4.69) is 30.8 Å². The SMILES string of the molecule is C=Cc1cccc([C@H](N)C2CCC2)c1. The van der Waals surface area contributed by atoms with Crippen LogP contribution in [0.4, 0.5) is 0 Å². The van der Waals surface area contributed by atoms with E-state index in [-0.39, 0.29) is 6.04 Å². The average Bonchev–Trinajstić information content (AvgIpc) is 2.15. The van der Waals surface area contributed by atoms with E-state index < -0.39 is 0 Å².